The lowest BCUT2D eigenvalue weighted by Crippen LogP contribution is -2.29. The Bertz CT molecular complexity index is 664. The summed E-state index contributed by atoms with van der Waals surface area (Å²) in [5.41, 5.74) is 1.02. The molecule has 0 bridgehead atoms. The third-order valence-electron chi connectivity index (χ3n) is 2.10. The van der Waals surface area contributed by atoms with Crippen molar-refractivity contribution >= 4 is 16.8 Å². The van der Waals surface area contributed by atoms with E-state index in [1.165, 1.54) is 0 Å². The highest BCUT2D eigenvalue weighted by Crippen LogP contribution is 1.97. The number of aromatic amines is 2. The van der Waals surface area contributed by atoms with Gasteiger partial charge in [-0.1, -0.05) is 5.10 Å². The zero-order chi connectivity index (χ0) is 9.54. The normalized spacial score (nSPS) is 11.1. The molecule has 0 aromatic carbocycles. The average Bonchev–Trinajstić information content (AvgIpc) is 2.67. The summed E-state index contributed by atoms with van der Waals surface area (Å²) in [7, 11) is 0. The largest absolute Gasteiger partial charge is 0.357 e. The van der Waals surface area contributed by atoms with Gasteiger partial charge in [-0.25, -0.2) is 10.1 Å². The quantitative estimate of drug-likeness (QED) is 0.414. The Morgan fingerprint density at radius 3 is 3.29 bits per heavy atom. The fraction of sp³-hybridized carbons (Fsp3) is 0. The highest BCUT2D eigenvalue weighted by molar-refractivity contribution is 5.69. The lowest BCUT2D eigenvalue weighted by molar-refractivity contribution is -0.490. The van der Waals surface area contributed by atoms with E-state index in [2.05, 4.69) is 20.2 Å². The van der Waals surface area contributed by atoms with Gasteiger partial charge in [0.2, 0.25) is 0 Å². The molecule has 3 aromatic heterocycles. The first-order valence-corrected chi connectivity index (χ1v) is 4.13. The van der Waals surface area contributed by atoms with Gasteiger partial charge in [-0.3, -0.25) is 5.41 Å². The number of hydrogen-bond acceptors (Lipinski definition) is 3. The van der Waals surface area contributed by atoms with Crippen molar-refractivity contribution in [3.63, 3.8) is 0 Å². The lowest BCUT2D eigenvalue weighted by atomic mass is 10.4. The first kappa shape index (κ1) is 7.19. The second-order valence-electron chi connectivity index (χ2n) is 2.94. The van der Waals surface area contributed by atoms with E-state index < -0.39 is 0 Å². The molecule has 0 amide bonds. The van der Waals surface area contributed by atoms with E-state index in [0.29, 0.717) is 16.9 Å². The molecular weight excluding hydrogens is 180 g/mol. The standard InChI is InChI=1S/C8H6N6/c9-6-5-4-11-13-7(5)14-3-1-2-10-8(14)12-6/h1-4H,(H2,9,11,13)/p+1. The fourth-order valence-electron chi connectivity index (χ4n) is 1.46. The summed E-state index contributed by atoms with van der Waals surface area (Å²) in [5, 5.41) is 15.2. The minimum atomic E-state index is 0.312. The Morgan fingerprint density at radius 1 is 1.43 bits per heavy atom. The Balaban J connectivity index is 2.73. The van der Waals surface area contributed by atoms with Crippen molar-refractivity contribution in [2.24, 2.45) is 0 Å². The molecule has 0 aliphatic heterocycles. The minimum Gasteiger partial charge on any atom is -0.273 e. The molecule has 68 valence electrons. The van der Waals surface area contributed by atoms with E-state index in [1.807, 2.05) is 12.3 Å². The summed E-state index contributed by atoms with van der Waals surface area (Å²) in [6.45, 7) is 0. The molecule has 0 spiro atoms. The monoisotopic (exact) mass is 187 g/mol. The van der Waals surface area contributed by atoms with Gasteiger partial charge in [-0.2, -0.15) is 4.40 Å². The summed E-state index contributed by atoms with van der Waals surface area (Å²) < 4.78 is 1.80. The maximum Gasteiger partial charge on any atom is 0.357 e. The molecule has 0 saturated carbocycles. The third kappa shape index (κ3) is 0.792. The summed E-state index contributed by atoms with van der Waals surface area (Å²) >= 11 is 0. The number of H-pyrrole nitrogens is 2. The first-order valence-electron chi connectivity index (χ1n) is 4.13. The van der Waals surface area contributed by atoms with Crippen LogP contribution < -0.4 is 9.89 Å². The van der Waals surface area contributed by atoms with Crippen molar-refractivity contribution in [3.8, 4) is 0 Å². The molecule has 0 saturated heterocycles. The van der Waals surface area contributed by atoms with E-state index in [-0.39, 0.29) is 0 Å². The fourth-order valence-corrected chi connectivity index (χ4v) is 1.46. The lowest BCUT2D eigenvalue weighted by Gasteiger charge is -1.92. The second kappa shape index (κ2) is 2.38. The molecule has 6 heteroatoms. The molecule has 3 heterocycles. The molecule has 3 aromatic rings. The molecule has 3 rings (SSSR count). The second-order valence-corrected chi connectivity index (χ2v) is 2.94. The molecule has 0 fully saturated rings. The van der Waals surface area contributed by atoms with Gasteiger partial charge < -0.3 is 0 Å². The summed E-state index contributed by atoms with van der Waals surface area (Å²) in [4.78, 5) is 6.98. The van der Waals surface area contributed by atoms with Crippen LogP contribution in [0.5, 0.6) is 0 Å². The number of nitrogens with one attached hydrogen (secondary N) is 3. The van der Waals surface area contributed by atoms with E-state index in [1.54, 1.807) is 16.8 Å². The van der Waals surface area contributed by atoms with Gasteiger partial charge >= 0.3 is 5.78 Å². The van der Waals surface area contributed by atoms with Crippen molar-refractivity contribution in [2.75, 3.05) is 0 Å². The topological polar surface area (TPSA) is 85.3 Å². The van der Waals surface area contributed by atoms with Crippen LogP contribution >= 0.6 is 0 Å². The zero-order valence-corrected chi connectivity index (χ0v) is 7.15. The van der Waals surface area contributed by atoms with Crippen molar-refractivity contribution in [1.82, 2.24) is 20.2 Å². The van der Waals surface area contributed by atoms with Crippen LogP contribution in [-0.2, 0) is 0 Å². The van der Waals surface area contributed by atoms with Gasteiger partial charge in [0.15, 0.2) is 5.49 Å². The summed E-state index contributed by atoms with van der Waals surface area (Å²) in [5.74, 6) is 0.608. The minimum absolute atomic E-state index is 0.312. The third-order valence-corrected chi connectivity index (χ3v) is 2.10. The van der Waals surface area contributed by atoms with Gasteiger partial charge in [-0.05, 0) is 6.07 Å². The zero-order valence-electron chi connectivity index (χ0n) is 7.15. The van der Waals surface area contributed by atoms with Gasteiger partial charge in [0.25, 0.3) is 5.65 Å². The van der Waals surface area contributed by atoms with Gasteiger partial charge in [0, 0.05) is 6.20 Å². The molecular formula is C8H7N6+. The SMILES string of the molecule is N=c1[nH]c2nccc[n+]2c2n[nH]cc12. The van der Waals surface area contributed by atoms with Crippen LogP contribution in [0.25, 0.3) is 16.8 Å². The predicted octanol–water partition coefficient (Wildman–Crippen LogP) is -0.496. The average molecular weight is 187 g/mol. The van der Waals surface area contributed by atoms with Crippen LogP contribution in [0.15, 0.2) is 24.7 Å². The molecule has 0 unspecified atom stereocenters. The van der Waals surface area contributed by atoms with Crippen LogP contribution in [0.2, 0.25) is 0 Å². The van der Waals surface area contributed by atoms with Crippen molar-refractivity contribution < 1.29 is 4.40 Å². The maximum absolute atomic E-state index is 7.69. The van der Waals surface area contributed by atoms with E-state index in [4.69, 9.17) is 5.41 Å². The summed E-state index contributed by atoms with van der Waals surface area (Å²) in [6.07, 6.45) is 5.21. The highest BCUT2D eigenvalue weighted by Gasteiger charge is 2.10. The Hall–Kier alpha value is -2.24. The molecule has 6 nitrogen and oxygen atoms in total. The van der Waals surface area contributed by atoms with Gasteiger partial charge in [0.1, 0.15) is 5.39 Å². The smallest absolute Gasteiger partial charge is 0.273 e. The van der Waals surface area contributed by atoms with Crippen LogP contribution in [0.1, 0.15) is 0 Å². The van der Waals surface area contributed by atoms with Gasteiger partial charge in [0.05, 0.1) is 12.4 Å². The van der Waals surface area contributed by atoms with E-state index in [0.717, 1.165) is 5.39 Å². The van der Waals surface area contributed by atoms with E-state index in [9.17, 15) is 0 Å². The number of rotatable bonds is 0. The first-order chi connectivity index (χ1) is 6.86. The van der Waals surface area contributed by atoms with Crippen LogP contribution in [0, 0.1) is 5.41 Å². The van der Waals surface area contributed by atoms with Gasteiger partial charge in [-0.15, -0.1) is 4.98 Å². The number of hydrogen-bond donors (Lipinski definition) is 3. The number of fused-ring (bicyclic) bond motifs is 3. The van der Waals surface area contributed by atoms with Crippen molar-refractivity contribution in [1.29, 1.82) is 5.41 Å². The van der Waals surface area contributed by atoms with Crippen molar-refractivity contribution in [2.45, 2.75) is 0 Å². The molecule has 0 atom stereocenters. The molecule has 0 radical (unpaired) electrons. The van der Waals surface area contributed by atoms with Crippen LogP contribution in [0.3, 0.4) is 0 Å². The Kier molecular flexibility index (Phi) is 1.22. The van der Waals surface area contributed by atoms with Crippen LogP contribution in [0.4, 0.5) is 0 Å². The van der Waals surface area contributed by atoms with Crippen LogP contribution in [-0.4, -0.2) is 20.2 Å². The number of nitrogens with zero attached hydrogens (tertiary/aromatic N) is 3. The number of aromatic nitrogens is 5. The summed E-state index contributed by atoms with van der Waals surface area (Å²) in [6, 6.07) is 1.82. The van der Waals surface area contributed by atoms with E-state index >= 15 is 0 Å². The molecule has 0 aliphatic rings. The molecule has 3 N–H and O–H groups in total. The van der Waals surface area contributed by atoms with Crippen molar-refractivity contribution in [3.05, 3.63) is 30.1 Å². The Labute approximate surface area is 77.8 Å². The maximum atomic E-state index is 7.69. The predicted molar refractivity (Wildman–Crippen MR) is 47.3 cm³/mol. The molecule has 0 aliphatic carbocycles. The Morgan fingerprint density at radius 2 is 2.36 bits per heavy atom. The molecule has 14 heavy (non-hydrogen) atoms. The highest BCUT2D eigenvalue weighted by atomic mass is 15.2.